The second-order valence-corrected chi connectivity index (χ2v) is 3.73. The van der Waals surface area contributed by atoms with Crippen molar-refractivity contribution in [2.24, 2.45) is 7.05 Å². The van der Waals surface area contributed by atoms with E-state index in [2.05, 4.69) is 0 Å². The minimum absolute atomic E-state index is 0.0959. The summed E-state index contributed by atoms with van der Waals surface area (Å²) in [4.78, 5) is 0. The van der Waals surface area contributed by atoms with Gasteiger partial charge in [-0.05, 0) is 26.8 Å². The SMILES string of the molecule is Cn1ccc(OC(C)(C)C)c1. The molecule has 0 aromatic carbocycles. The first-order chi connectivity index (χ1) is 4.97. The van der Waals surface area contributed by atoms with E-state index in [1.807, 2.05) is 50.8 Å². The molecule has 0 fully saturated rings. The van der Waals surface area contributed by atoms with Crippen LogP contribution in [-0.4, -0.2) is 10.2 Å². The van der Waals surface area contributed by atoms with E-state index in [0.29, 0.717) is 0 Å². The smallest absolute Gasteiger partial charge is 0.137 e. The first-order valence-corrected chi connectivity index (χ1v) is 3.78. The highest BCUT2D eigenvalue weighted by Crippen LogP contribution is 2.17. The maximum Gasteiger partial charge on any atom is 0.137 e. The Morgan fingerprint density at radius 3 is 2.36 bits per heavy atom. The topological polar surface area (TPSA) is 14.2 Å². The third-order valence-electron chi connectivity index (χ3n) is 1.23. The predicted octanol–water partition coefficient (Wildman–Crippen LogP) is 2.20. The van der Waals surface area contributed by atoms with E-state index < -0.39 is 0 Å². The number of hydrogen-bond acceptors (Lipinski definition) is 1. The Balaban J connectivity index is 2.65. The van der Waals surface area contributed by atoms with Crippen molar-refractivity contribution >= 4 is 0 Å². The summed E-state index contributed by atoms with van der Waals surface area (Å²) in [6, 6.07) is 1.96. The number of nitrogens with zero attached hydrogens (tertiary/aromatic N) is 1. The fourth-order valence-electron chi connectivity index (χ4n) is 0.892. The quantitative estimate of drug-likeness (QED) is 0.603. The van der Waals surface area contributed by atoms with E-state index >= 15 is 0 Å². The largest absolute Gasteiger partial charge is 0.487 e. The third-order valence-corrected chi connectivity index (χ3v) is 1.23. The second-order valence-electron chi connectivity index (χ2n) is 3.73. The van der Waals surface area contributed by atoms with E-state index in [-0.39, 0.29) is 5.60 Å². The van der Waals surface area contributed by atoms with Crippen LogP contribution >= 0.6 is 0 Å². The number of aromatic nitrogens is 1. The molecule has 62 valence electrons. The first kappa shape index (κ1) is 8.18. The molecule has 0 unspecified atom stereocenters. The van der Waals surface area contributed by atoms with E-state index in [1.165, 1.54) is 0 Å². The van der Waals surface area contributed by atoms with Gasteiger partial charge < -0.3 is 9.30 Å². The van der Waals surface area contributed by atoms with Gasteiger partial charge in [-0.2, -0.15) is 0 Å². The molecule has 1 aromatic heterocycles. The van der Waals surface area contributed by atoms with Crippen LogP contribution < -0.4 is 4.74 Å². The summed E-state index contributed by atoms with van der Waals surface area (Å²) in [7, 11) is 1.98. The lowest BCUT2D eigenvalue weighted by atomic mass is 10.2. The molecule has 0 aliphatic heterocycles. The summed E-state index contributed by atoms with van der Waals surface area (Å²) in [5.74, 6) is 0.931. The maximum atomic E-state index is 5.60. The van der Waals surface area contributed by atoms with Crippen molar-refractivity contribution in [1.82, 2.24) is 4.57 Å². The Labute approximate surface area is 67.8 Å². The van der Waals surface area contributed by atoms with Crippen LogP contribution in [0.5, 0.6) is 5.75 Å². The lowest BCUT2D eigenvalue weighted by Crippen LogP contribution is -2.22. The molecular weight excluding hydrogens is 138 g/mol. The van der Waals surface area contributed by atoms with Crippen LogP contribution in [0.4, 0.5) is 0 Å². The molecule has 2 nitrogen and oxygen atoms in total. The van der Waals surface area contributed by atoms with Gasteiger partial charge in [-0.15, -0.1) is 0 Å². The van der Waals surface area contributed by atoms with E-state index in [9.17, 15) is 0 Å². The van der Waals surface area contributed by atoms with Gasteiger partial charge in [0.1, 0.15) is 11.4 Å². The van der Waals surface area contributed by atoms with Gasteiger partial charge in [-0.3, -0.25) is 0 Å². The molecule has 1 aromatic rings. The highest BCUT2D eigenvalue weighted by molar-refractivity contribution is 5.17. The summed E-state index contributed by atoms with van der Waals surface area (Å²) < 4.78 is 7.57. The van der Waals surface area contributed by atoms with Gasteiger partial charge in [0.05, 0.1) is 0 Å². The Morgan fingerprint density at radius 2 is 2.00 bits per heavy atom. The monoisotopic (exact) mass is 153 g/mol. The van der Waals surface area contributed by atoms with Gasteiger partial charge in [0.2, 0.25) is 0 Å². The highest BCUT2D eigenvalue weighted by Gasteiger charge is 2.11. The Kier molecular flexibility index (Phi) is 1.94. The minimum Gasteiger partial charge on any atom is -0.487 e. The molecule has 0 saturated carbocycles. The lowest BCUT2D eigenvalue weighted by Gasteiger charge is -2.19. The van der Waals surface area contributed by atoms with Crippen molar-refractivity contribution in [2.75, 3.05) is 0 Å². The zero-order valence-corrected chi connectivity index (χ0v) is 7.59. The summed E-state index contributed by atoms with van der Waals surface area (Å²) in [5.41, 5.74) is -0.0959. The Morgan fingerprint density at radius 1 is 1.36 bits per heavy atom. The lowest BCUT2D eigenvalue weighted by molar-refractivity contribution is 0.131. The molecule has 0 atom stereocenters. The van der Waals surface area contributed by atoms with E-state index in [0.717, 1.165) is 5.75 Å². The number of aryl methyl sites for hydroxylation is 1. The highest BCUT2D eigenvalue weighted by atomic mass is 16.5. The third kappa shape index (κ3) is 2.66. The molecule has 0 spiro atoms. The predicted molar refractivity (Wildman–Crippen MR) is 45.8 cm³/mol. The normalized spacial score (nSPS) is 11.6. The minimum atomic E-state index is -0.0959. The molecule has 0 radical (unpaired) electrons. The fourth-order valence-corrected chi connectivity index (χ4v) is 0.892. The van der Waals surface area contributed by atoms with Crippen LogP contribution in [0.15, 0.2) is 18.5 Å². The summed E-state index contributed by atoms with van der Waals surface area (Å²) in [6.45, 7) is 6.12. The van der Waals surface area contributed by atoms with Gasteiger partial charge in [0, 0.05) is 19.4 Å². The first-order valence-electron chi connectivity index (χ1n) is 3.78. The van der Waals surface area contributed by atoms with Crippen molar-refractivity contribution in [3.05, 3.63) is 18.5 Å². The zero-order chi connectivity index (χ0) is 8.48. The molecule has 1 rings (SSSR count). The number of rotatable bonds is 1. The van der Waals surface area contributed by atoms with Crippen LogP contribution in [0.3, 0.4) is 0 Å². The number of hydrogen-bond donors (Lipinski definition) is 0. The Hall–Kier alpha value is -0.920. The maximum absolute atomic E-state index is 5.60. The summed E-state index contributed by atoms with van der Waals surface area (Å²) in [5, 5.41) is 0. The Bertz CT molecular complexity index is 232. The second kappa shape index (κ2) is 2.61. The van der Waals surface area contributed by atoms with Gasteiger partial charge in [0.25, 0.3) is 0 Å². The van der Waals surface area contributed by atoms with Crippen LogP contribution in [0.1, 0.15) is 20.8 Å². The van der Waals surface area contributed by atoms with Gasteiger partial charge in [0.15, 0.2) is 0 Å². The summed E-state index contributed by atoms with van der Waals surface area (Å²) in [6.07, 6.45) is 3.94. The summed E-state index contributed by atoms with van der Waals surface area (Å²) >= 11 is 0. The van der Waals surface area contributed by atoms with E-state index in [4.69, 9.17) is 4.74 Å². The molecule has 0 N–H and O–H groups in total. The standard InChI is InChI=1S/C9H15NO/c1-9(2,3)11-8-5-6-10(4)7-8/h5-7H,1-4H3. The molecule has 0 saturated heterocycles. The molecule has 0 aliphatic carbocycles. The van der Waals surface area contributed by atoms with Gasteiger partial charge in [-0.25, -0.2) is 0 Å². The molecular formula is C9H15NO. The van der Waals surface area contributed by atoms with Crippen molar-refractivity contribution < 1.29 is 4.74 Å². The molecule has 1 heterocycles. The van der Waals surface area contributed by atoms with Crippen LogP contribution in [-0.2, 0) is 7.05 Å². The molecule has 0 amide bonds. The average molecular weight is 153 g/mol. The number of ether oxygens (including phenoxy) is 1. The van der Waals surface area contributed by atoms with E-state index in [1.54, 1.807) is 0 Å². The molecule has 11 heavy (non-hydrogen) atoms. The molecule has 2 heteroatoms. The van der Waals surface area contributed by atoms with Crippen molar-refractivity contribution in [1.29, 1.82) is 0 Å². The van der Waals surface area contributed by atoms with Crippen LogP contribution in [0.25, 0.3) is 0 Å². The van der Waals surface area contributed by atoms with Gasteiger partial charge >= 0.3 is 0 Å². The van der Waals surface area contributed by atoms with Crippen LogP contribution in [0, 0.1) is 0 Å². The van der Waals surface area contributed by atoms with Crippen molar-refractivity contribution in [2.45, 2.75) is 26.4 Å². The average Bonchev–Trinajstić information content (AvgIpc) is 2.10. The molecule has 0 aliphatic rings. The fraction of sp³-hybridized carbons (Fsp3) is 0.556. The van der Waals surface area contributed by atoms with Gasteiger partial charge in [-0.1, -0.05) is 0 Å². The molecule has 0 bridgehead atoms. The zero-order valence-electron chi connectivity index (χ0n) is 7.59. The van der Waals surface area contributed by atoms with Crippen molar-refractivity contribution in [3.63, 3.8) is 0 Å². The van der Waals surface area contributed by atoms with Crippen LogP contribution in [0.2, 0.25) is 0 Å². The van der Waals surface area contributed by atoms with Crippen molar-refractivity contribution in [3.8, 4) is 5.75 Å².